The van der Waals surface area contributed by atoms with Gasteiger partial charge in [0.15, 0.2) is 5.96 Å². The number of carbonyl (C=O) groups is 1. The molecule has 1 amide bonds. The minimum absolute atomic E-state index is 0.177. The van der Waals surface area contributed by atoms with E-state index in [2.05, 4.69) is 30.7 Å². The van der Waals surface area contributed by atoms with Gasteiger partial charge in [-0.3, -0.25) is 9.79 Å². The second-order valence-electron chi connectivity index (χ2n) is 7.24. The summed E-state index contributed by atoms with van der Waals surface area (Å²) in [5.41, 5.74) is 0. The summed E-state index contributed by atoms with van der Waals surface area (Å²) in [7, 11) is 0. The Morgan fingerprint density at radius 3 is 2.71 bits per heavy atom. The van der Waals surface area contributed by atoms with E-state index in [9.17, 15) is 4.79 Å². The Morgan fingerprint density at radius 2 is 2.11 bits per heavy atom. The molecule has 158 valence electrons. The Morgan fingerprint density at radius 1 is 1.36 bits per heavy atom. The van der Waals surface area contributed by atoms with Crippen LogP contribution in [0.4, 0.5) is 0 Å². The number of nitrogens with zero attached hydrogens (tertiary/aromatic N) is 2. The van der Waals surface area contributed by atoms with E-state index in [0.717, 1.165) is 75.8 Å². The number of hydrogen-bond acceptors (Lipinski definition) is 4. The Labute approximate surface area is 173 Å². The first kappa shape index (κ1) is 22.7. The molecule has 0 aromatic carbocycles. The lowest BCUT2D eigenvalue weighted by atomic mass is 9.98. The SMILES string of the molecule is CCC(CC)C(=O)N1CCC(NC(=NCCSC)NCCc2ccco2)CC1. The summed E-state index contributed by atoms with van der Waals surface area (Å²) in [4.78, 5) is 19.3. The number of amides is 1. The fraction of sp³-hybridized carbons (Fsp3) is 0.714. The van der Waals surface area contributed by atoms with Crippen LogP contribution in [0.15, 0.2) is 27.8 Å². The zero-order chi connectivity index (χ0) is 20.2. The van der Waals surface area contributed by atoms with Crippen molar-refractivity contribution in [1.82, 2.24) is 15.5 Å². The van der Waals surface area contributed by atoms with Crippen molar-refractivity contribution in [2.45, 2.75) is 52.0 Å². The fourth-order valence-electron chi connectivity index (χ4n) is 3.49. The summed E-state index contributed by atoms with van der Waals surface area (Å²) in [6.45, 7) is 7.45. The molecule has 28 heavy (non-hydrogen) atoms. The number of nitrogens with one attached hydrogen (secondary N) is 2. The minimum atomic E-state index is 0.177. The molecule has 1 saturated heterocycles. The summed E-state index contributed by atoms with van der Waals surface area (Å²) < 4.78 is 5.39. The van der Waals surface area contributed by atoms with Crippen molar-refractivity contribution >= 4 is 23.6 Å². The van der Waals surface area contributed by atoms with Gasteiger partial charge in [-0.2, -0.15) is 11.8 Å². The molecule has 2 rings (SSSR count). The average molecular weight is 409 g/mol. The van der Waals surface area contributed by atoms with Crippen LogP contribution in [0.3, 0.4) is 0 Å². The van der Waals surface area contributed by atoms with Crippen molar-refractivity contribution in [3.8, 4) is 0 Å². The fourth-order valence-corrected chi connectivity index (χ4v) is 3.77. The maximum Gasteiger partial charge on any atom is 0.225 e. The van der Waals surface area contributed by atoms with Gasteiger partial charge in [-0.25, -0.2) is 0 Å². The minimum Gasteiger partial charge on any atom is -0.469 e. The highest BCUT2D eigenvalue weighted by molar-refractivity contribution is 7.98. The predicted molar refractivity (Wildman–Crippen MR) is 118 cm³/mol. The van der Waals surface area contributed by atoms with Crippen molar-refractivity contribution in [3.63, 3.8) is 0 Å². The van der Waals surface area contributed by atoms with Gasteiger partial charge in [0.25, 0.3) is 0 Å². The third kappa shape index (κ3) is 7.41. The third-order valence-electron chi connectivity index (χ3n) is 5.29. The predicted octanol–water partition coefficient (Wildman–Crippen LogP) is 3.15. The molecule has 0 atom stereocenters. The largest absolute Gasteiger partial charge is 0.469 e. The number of furan rings is 1. The summed E-state index contributed by atoms with van der Waals surface area (Å²) in [5.74, 6) is 3.35. The Balaban J connectivity index is 1.81. The van der Waals surface area contributed by atoms with Gasteiger partial charge in [-0.1, -0.05) is 13.8 Å². The van der Waals surface area contributed by atoms with E-state index >= 15 is 0 Å². The number of guanidine groups is 1. The van der Waals surface area contributed by atoms with E-state index in [4.69, 9.17) is 9.41 Å². The monoisotopic (exact) mass is 408 g/mol. The van der Waals surface area contributed by atoms with E-state index in [0.29, 0.717) is 11.9 Å². The molecule has 1 aliphatic heterocycles. The van der Waals surface area contributed by atoms with Crippen LogP contribution in [0.1, 0.15) is 45.3 Å². The molecule has 1 aromatic rings. The highest BCUT2D eigenvalue weighted by Crippen LogP contribution is 2.17. The molecule has 6 nitrogen and oxygen atoms in total. The van der Waals surface area contributed by atoms with Crippen LogP contribution in [0.5, 0.6) is 0 Å². The molecule has 7 heteroatoms. The first-order valence-corrected chi connectivity index (χ1v) is 11.9. The molecule has 0 spiro atoms. The van der Waals surface area contributed by atoms with Crippen molar-refractivity contribution in [1.29, 1.82) is 0 Å². The Hall–Kier alpha value is -1.63. The molecule has 0 bridgehead atoms. The zero-order valence-electron chi connectivity index (χ0n) is 17.6. The quantitative estimate of drug-likeness (QED) is 0.354. The van der Waals surface area contributed by atoms with Crippen molar-refractivity contribution in [2.24, 2.45) is 10.9 Å². The van der Waals surface area contributed by atoms with Gasteiger partial charge in [0.2, 0.25) is 5.91 Å². The molecule has 0 saturated carbocycles. The van der Waals surface area contributed by atoms with E-state index in [1.165, 1.54) is 0 Å². The second-order valence-corrected chi connectivity index (χ2v) is 8.22. The Bertz CT molecular complexity index is 579. The van der Waals surface area contributed by atoms with E-state index < -0.39 is 0 Å². The van der Waals surface area contributed by atoms with Crippen LogP contribution in [-0.4, -0.2) is 61.0 Å². The molecular weight excluding hydrogens is 372 g/mol. The molecule has 0 radical (unpaired) electrons. The number of thioether (sulfide) groups is 1. The number of likely N-dealkylation sites (tertiary alicyclic amines) is 1. The maximum absolute atomic E-state index is 12.6. The smallest absolute Gasteiger partial charge is 0.225 e. The van der Waals surface area contributed by atoms with Gasteiger partial charge in [-0.15, -0.1) is 0 Å². The standard InChI is InChI=1S/C21H36N4O2S/c1-4-17(5-2)20(26)25-13-9-18(10-14-25)24-21(23-12-16-28-3)22-11-8-19-7-6-15-27-19/h6-7,15,17-18H,4-5,8-14,16H2,1-3H3,(H2,22,23,24). The third-order valence-corrected chi connectivity index (χ3v) is 5.88. The lowest BCUT2D eigenvalue weighted by Gasteiger charge is -2.35. The molecule has 1 fully saturated rings. The molecule has 1 aromatic heterocycles. The van der Waals surface area contributed by atoms with Crippen molar-refractivity contribution in [3.05, 3.63) is 24.2 Å². The summed E-state index contributed by atoms with van der Waals surface area (Å²) in [6.07, 6.45) is 8.43. The lowest BCUT2D eigenvalue weighted by Crippen LogP contribution is -2.51. The van der Waals surface area contributed by atoms with E-state index in [1.54, 1.807) is 18.0 Å². The average Bonchev–Trinajstić information content (AvgIpc) is 3.23. The van der Waals surface area contributed by atoms with E-state index in [-0.39, 0.29) is 5.92 Å². The van der Waals surface area contributed by atoms with Crippen LogP contribution in [-0.2, 0) is 11.2 Å². The highest BCUT2D eigenvalue weighted by atomic mass is 32.2. The van der Waals surface area contributed by atoms with Crippen LogP contribution < -0.4 is 10.6 Å². The number of carbonyl (C=O) groups excluding carboxylic acids is 1. The van der Waals surface area contributed by atoms with Gasteiger partial charge < -0.3 is 20.0 Å². The van der Waals surface area contributed by atoms with Gasteiger partial charge in [0.05, 0.1) is 12.8 Å². The second kappa shape index (κ2) is 12.8. The number of hydrogen-bond donors (Lipinski definition) is 2. The van der Waals surface area contributed by atoms with E-state index in [1.807, 2.05) is 17.0 Å². The Kier molecular flexibility index (Phi) is 10.3. The van der Waals surface area contributed by atoms with Crippen LogP contribution in [0, 0.1) is 5.92 Å². The van der Waals surface area contributed by atoms with Gasteiger partial charge in [0, 0.05) is 43.8 Å². The van der Waals surface area contributed by atoms with Crippen molar-refractivity contribution < 1.29 is 9.21 Å². The van der Waals surface area contributed by atoms with Crippen molar-refractivity contribution in [2.75, 3.05) is 38.2 Å². The molecule has 1 aliphatic rings. The van der Waals surface area contributed by atoms with Gasteiger partial charge >= 0.3 is 0 Å². The first-order chi connectivity index (χ1) is 13.7. The van der Waals surface area contributed by atoms with Gasteiger partial charge in [0.1, 0.15) is 5.76 Å². The molecule has 2 N–H and O–H groups in total. The van der Waals surface area contributed by atoms with Crippen LogP contribution in [0.25, 0.3) is 0 Å². The lowest BCUT2D eigenvalue weighted by molar-refractivity contribution is -0.136. The first-order valence-electron chi connectivity index (χ1n) is 10.5. The summed E-state index contributed by atoms with van der Waals surface area (Å²) in [6, 6.07) is 4.26. The summed E-state index contributed by atoms with van der Waals surface area (Å²) in [5, 5.41) is 7.00. The highest BCUT2D eigenvalue weighted by Gasteiger charge is 2.26. The zero-order valence-corrected chi connectivity index (χ0v) is 18.4. The summed E-state index contributed by atoms with van der Waals surface area (Å²) >= 11 is 1.80. The maximum atomic E-state index is 12.6. The van der Waals surface area contributed by atoms with Gasteiger partial charge in [-0.05, 0) is 44.1 Å². The number of piperidine rings is 1. The number of aliphatic imine (C=N–C) groups is 1. The number of rotatable bonds is 10. The molecular formula is C21H36N4O2S. The topological polar surface area (TPSA) is 69.9 Å². The molecule has 2 heterocycles. The van der Waals surface area contributed by atoms with Crippen LogP contribution >= 0.6 is 11.8 Å². The molecule has 0 aliphatic carbocycles. The van der Waals surface area contributed by atoms with Crippen LogP contribution in [0.2, 0.25) is 0 Å². The molecule has 0 unspecified atom stereocenters. The normalized spacial score (nSPS) is 15.9.